The van der Waals surface area contributed by atoms with Gasteiger partial charge in [0.05, 0.1) is 42.3 Å². The third-order valence-electron chi connectivity index (χ3n) is 8.48. The van der Waals surface area contributed by atoms with E-state index in [-0.39, 0.29) is 53.8 Å². The zero-order valence-corrected chi connectivity index (χ0v) is 31.2. The van der Waals surface area contributed by atoms with Crippen LogP contribution in [0.5, 0.6) is 0 Å². The highest BCUT2D eigenvalue weighted by Gasteiger charge is 2.26. The lowest BCUT2D eigenvalue weighted by Crippen LogP contribution is -2.41. The fraction of sp³-hybridized carbons (Fsp3) is 0.500. The maximum Gasteiger partial charge on any atom is 0.326 e. The minimum atomic E-state index is -1.27. The lowest BCUT2D eigenvalue weighted by molar-refractivity contribution is -0.139. The van der Waals surface area contributed by atoms with Crippen molar-refractivity contribution in [1.82, 2.24) is 45.6 Å². The molecule has 0 aliphatic heterocycles. The number of nitrogens with zero attached hydrogens (tertiary/aromatic N) is 8. The van der Waals surface area contributed by atoms with Gasteiger partial charge in [-0.3, -0.25) is 9.59 Å². The van der Waals surface area contributed by atoms with Crippen LogP contribution in [0.15, 0.2) is 36.7 Å². The Morgan fingerprint density at radius 2 is 1.79 bits per heavy atom. The molecule has 0 radical (unpaired) electrons. The summed E-state index contributed by atoms with van der Waals surface area (Å²) in [7, 11) is 1.84. The molecular formula is C34H48N12O5S. The molecule has 0 spiro atoms. The van der Waals surface area contributed by atoms with Gasteiger partial charge in [-0.15, -0.1) is 5.10 Å². The summed E-state index contributed by atoms with van der Waals surface area (Å²) in [4.78, 5) is 56.1. The Hall–Kier alpha value is -5.10. The Labute approximate surface area is 306 Å². The molecule has 280 valence electrons. The zero-order chi connectivity index (χ0) is 38.1. The number of thioether (sulfide) groups is 1. The fourth-order valence-corrected chi connectivity index (χ4v) is 5.80. The Kier molecular flexibility index (Phi) is 13.3. The highest BCUT2D eigenvalue weighted by atomic mass is 32.2. The van der Waals surface area contributed by atoms with E-state index >= 15 is 0 Å². The molecule has 1 unspecified atom stereocenters. The molecule has 7 N–H and O–H groups in total. The van der Waals surface area contributed by atoms with Gasteiger partial charge in [0.25, 0.3) is 5.91 Å². The lowest BCUT2D eigenvalue weighted by atomic mass is 10.0. The summed E-state index contributed by atoms with van der Waals surface area (Å²) in [5.41, 5.74) is 13.8. The first-order chi connectivity index (χ1) is 24.6. The van der Waals surface area contributed by atoms with Crippen LogP contribution in [0.4, 0.5) is 17.5 Å². The SMILES string of the molecule is CSCCC(C)(C)OCCC(C)(C)n1cc(CNC(=O)CCC(NC(=O)c2ccc(N(C)Cc3cnc4nc(N)nc(N)c4n3)cc2)C(=O)O)nn1. The van der Waals surface area contributed by atoms with Gasteiger partial charge in [0.1, 0.15) is 11.7 Å². The van der Waals surface area contributed by atoms with Crippen LogP contribution in [0.3, 0.4) is 0 Å². The number of nitrogens with two attached hydrogens (primary N) is 2. The van der Waals surface area contributed by atoms with E-state index in [0.717, 1.165) is 24.3 Å². The molecule has 4 aromatic rings. The summed E-state index contributed by atoms with van der Waals surface area (Å²) >= 11 is 1.80. The average molecular weight is 737 g/mol. The monoisotopic (exact) mass is 736 g/mol. The van der Waals surface area contributed by atoms with Crippen LogP contribution in [0.2, 0.25) is 0 Å². The smallest absolute Gasteiger partial charge is 0.326 e. The number of nitrogens with one attached hydrogen (secondary N) is 2. The Balaban J connectivity index is 1.23. The number of hydrogen-bond acceptors (Lipinski definition) is 14. The molecule has 3 heterocycles. The van der Waals surface area contributed by atoms with E-state index in [4.69, 9.17) is 16.2 Å². The fourth-order valence-electron chi connectivity index (χ4n) is 5.10. The number of rotatable bonds is 19. The number of anilines is 3. The molecule has 18 heteroatoms. The molecule has 2 amide bonds. The van der Waals surface area contributed by atoms with Crippen LogP contribution in [0, 0.1) is 0 Å². The molecule has 0 aliphatic rings. The van der Waals surface area contributed by atoms with Gasteiger partial charge in [0.2, 0.25) is 11.9 Å². The predicted octanol–water partition coefficient (Wildman–Crippen LogP) is 2.77. The van der Waals surface area contributed by atoms with Crippen molar-refractivity contribution in [1.29, 1.82) is 0 Å². The molecular weight excluding hydrogens is 689 g/mol. The maximum absolute atomic E-state index is 12.9. The van der Waals surface area contributed by atoms with Gasteiger partial charge in [0, 0.05) is 31.3 Å². The maximum atomic E-state index is 12.9. The molecule has 0 saturated heterocycles. The number of carboxylic acid groups (broad SMARTS) is 1. The van der Waals surface area contributed by atoms with Gasteiger partial charge < -0.3 is 36.8 Å². The molecule has 0 saturated carbocycles. The van der Waals surface area contributed by atoms with Gasteiger partial charge in [-0.2, -0.15) is 21.7 Å². The molecule has 3 aromatic heterocycles. The first-order valence-corrected chi connectivity index (χ1v) is 18.2. The van der Waals surface area contributed by atoms with Crippen LogP contribution in [0.25, 0.3) is 11.2 Å². The van der Waals surface area contributed by atoms with Crippen LogP contribution >= 0.6 is 11.8 Å². The summed E-state index contributed by atoms with van der Waals surface area (Å²) in [6.45, 7) is 9.34. The van der Waals surface area contributed by atoms with Crippen molar-refractivity contribution >= 4 is 58.2 Å². The molecule has 17 nitrogen and oxygen atoms in total. The first kappa shape index (κ1) is 39.7. The van der Waals surface area contributed by atoms with Crippen molar-refractivity contribution in [2.75, 3.05) is 42.0 Å². The average Bonchev–Trinajstić information content (AvgIpc) is 3.58. The number of ether oxygens (including phenoxy) is 1. The molecule has 0 fully saturated rings. The van der Waals surface area contributed by atoms with Gasteiger partial charge in [-0.1, -0.05) is 5.21 Å². The minimum Gasteiger partial charge on any atom is -0.480 e. The van der Waals surface area contributed by atoms with E-state index < -0.39 is 17.9 Å². The van der Waals surface area contributed by atoms with Crippen molar-refractivity contribution in [3.8, 4) is 0 Å². The first-order valence-electron chi connectivity index (χ1n) is 16.8. The molecule has 0 bridgehead atoms. The number of fused-ring (bicyclic) bond motifs is 1. The van der Waals surface area contributed by atoms with Gasteiger partial charge in [-0.05, 0) is 83.2 Å². The van der Waals surface area contributed by atoms with E-state index in [9.17, 15) is 19.5 Å². The Morgan fingerprint density at radius 1 is 1.06 bits per heavy atom. The van der Waals surface area contributed by atoms with Gasteiger partial charge in [-0.25, -0.2) is 19.4 Å². The van der Waals surface area contributed by atoms with Gasteiger partial charge >= 0.3 is 5.97 Å². The topological polar surface area (TPSA) is 242 Å². The standard InChI is InChI=1S/C34H48N12O5S/c1-33(2,13-15-51-34(3,4)14-16-52-6)46-20-23(43-44-46)18-37-26(47)12-11-25(31(49)50)40-30(48)21-7-9-24(10-8-21)45(5)19-22-17-38-29-27(39-22)28(35)41-32(36)42-29/h7-10,17,20,25H,11-16,18-19H2,1-6H3,(H,37,47)(H,40,48)(H,49,50)(H4,35,36,38,41,42). The van der Waals surface area contributed by atoms with E-state index in [0.29, 0.717) is 35.7 Å². The second-order valence-corrected chi connectivity index (χ2v) is 14.6. The van der Waals surface area contributed by atoms with Crippen molar-refractivity contribution in [3.05, 3.63) is 53.6 Å². The van der Waals surface area contributed by atoms with Crippen LogP contribution in [0.1, 0.15) is 75.1 Å². The Morgan fingerprint density at radius 3 is 2.48 bits per heavy atom. The number of carbonyl (C=O) groups excluding carboxylic acids is 2. The van der Waals surface area contributed by atoms with Crippen LogP contribution in [-0.4, -0.2) is 95.1 Å². The highest BCUT2D eigenvalue weighted by Crippen LogP contribution is 2.23. The second kappa shape index (κ2) is 17.4. The van der Waals surface area contributed by atoms with Crippen molar-refractivity contribution in [3.63, 3.8) is 0 Å². The van der Waals surface area contributed by atoms with Crippen molar-refractivity contribution in [2.45, 2.75) is 83.6 Å². The lowest BCUT2D eigenvalue weighted by Gasteiger charge is -2.29. The third kappa shape index (κ3) is 11.2. The number of aliphatic carboxylic acids is 1. The van der Waals surface area contributed by atoms with E-state index in [1.807, 2.05) is 25.8 Å². The number of aromatic nitrogens is 7. The highest BCUT2D eigenvalue weighted by molar-refractivity contribution is 7.98. The quantitative estimate of drug-likeness (QED) is 0.0930. The summed E-state index contributed by atoms with van der Waals surface area (Å²) < 4.78 is 7.88. The number of nitrogen functional groups attached to an aromatic ring is 2. The Bertz CT molecular complexity index is 1850. The third-order valence-corrected chi connectivity index (χ3v) is 9.09. The number of carbonyl (C=O) groups is 3. The number of carboxylic acids is 1. The molecule has 52 heavy (non-hydrogen) atoms. The predicted molar refractivity (Wildman–Crippen MR) is 199 cm³/mol. The van der Waals surface area contributed by atoms with Crippen LogP contribution in [-0.2, 0) is 33.0 Å². The molecule has 1 atom stereocenters. The van der Waals surface area contributed by atoms with E-state index in [2.05, 4.69) is 61.0 Å². The summed E-state index contributed by atoms with van der Waals surface area (Å²) in [5.74, 6) is -1.02. The normalized spacial score (nSPS) is 12.4. The minimum absolute atomic E-state index is 0.0146. The second-order valence-electron chi connectivity index (χ2n) is 13.7. The number of hydrogen-bond donors (Lipinski definition) is 5. The number of amides is 2. The molecule has 0 aliphatic carbocycles. The summed E-state index contributed by atoms with van der Waals surface area (Å²) in [5, 5.41) is 23.5. The summed E-state index contributed by atoms with van der Waals surface area (Å²) in [6.07, 6.45) is 6.90. The van der Waals surface area contributed by atoms with Crippen molar-refractivity contribution in [2.24, 2.45) is 0 Å². The van der Waals surface area contributed by atoms with Gasteiger partial charge in [0.15, 0.2) is 17.0 Å². The largest absolute Gasteiger partial charge is 0.480 e. The van der Waals surface area contributed by atoms with Crippen molar-refractivity contribution < 1.29 is 24.2 Å². The van der Waals surface area contributed by atoms with E-state index in [1.54, 1.807) is 53.1 Å². The molecule has 1 aromatic carbocycles. The van der Waals surface area contributed by atoms with Crippen LogP contribution < -0.4 is 27.0 Å². The van der Waals surface area contributed by atoms with E-state index in [1.165, 1.54) is 0 Å². The number of benzene rings is 1. The zero-order valence-electron chi connectivity index (χ0n) is 30.4. The summed E-state index contributed by atoms with van der Waals surface area (Å²) in [6, 6.07) is 5.36. The molecule has 4 rings (SSSR count).